The van der Waals surface area contributed by atoms with Crippen molar-refractivity contribution < 1.29 is 4.79 Å². The normalized spacial score (nSPS) is 14.4. The van der Waals surface area contributed by atoms with Gasteiger partial charge in [-0.25, -0.2) is 4.98 Å². The number of carbonyl (C=O) groups is 1. The first-order valence-corrected chi connectivity index (χ1v) is 5.59. The number of anilines is 1. The third-order valence-corrected chi connectivity index (χ3v) is 2.96. The van der Waals surface area contributed by atoms with Crippen LogP contribution in [0.25, 0.3) is 0 Å². The Balaban J connectivity index is 2.51. The van der Waals surface area contributed by atoms with Gasteiger partial charge >= 0.3 is 0 Å². The second-order valence-electron chi connectivity index (χ2n) is 4.43. The Hall–Kier alpha value is -1.58. The first-order chi connectivity index (χ1) is 7.59. The second-order valence-corrected chi connectivity index (χ2v) is 4.43. The number of nitrogens with zero attached hydrogens (tertiary/aromatic N) is 2. The summed E-state index contributed by atoms with van der Waals surface area (Å²) in [5.41, 5.74) is 8.57. The lowest BCUT2D eigenvalue weighted by Gasteiger charge is -2.20. The molecule has 0 aliphatic heterocycles. The minimum absolute atomic E-state index is 0.0206. The smallest absolute Gasteiger partial charge is 0.253 e. The predicted octanol–water partition coefficient (Wildman–Crippen LogP) is 1.24. The van der Waals surface area contributed by atoms with Crippen molar-refractivity contribution in [3.05, 3.63) is 22.9 Å². The van der Waals surface area contributed by atoms with Crippen LogP contribution in [0.3, 0.4) is 0 Å². The van der Waals surface area contributed by atoms with Crippen molar-refractivity contribution in [2.24, 2.45) is 0 Å². The topological polar surface area (TPSA) is 59.2 Å². The fourth-order valence-electron chi connectivity index (χ4n) is 2.16. The van der Waals surface area contributed by atoms with Gasteiger partial charge in [-0.2, -0.15) is 0 Å². The Morgan fingerprint density at radius 2 is 2.06 bits per heavy atom. The zero-order valence-corrected chi connectivity index (χ0v) is 9.79. The Morgan fingerprint density at radius 1 is 1.38 bits per heavy atom. The molecule has 0 unspecified atom stereocenters. The molecule has 1 amide bonds. The van der Waals surface area contributed by atoms with Gasteiger partial charge in [0.15, 0.2) is 0 Å². The number of aromatic nitrogens is 1. The van der Waals surface area contributed by atoms with Gasteiger partial charge in [0.1, 0.15) is 5.82 Å². The lowest BCUT2D eigenvalue weighted by atomic mass is 9.91. The third-order valence-electron chi connectivity index (χ3n) is 2.96. The van der Waals surface area contributed by atoms with Crippen LogP contribution in [0.5, 0.6) is 0 Å². The Labute approximate surface area is 95.5 Å². The number of nitrogens with two attached hydrogens (primary N) is 1. The molecule has 0 saturated carbocycles. The summed E-state index contributed by atoms with van der Waals surface area (Å²) in [6, 6.07) is 1.70. The molecule has 0 saturated heterocycles. The van der Waals surface area contributed by atoms with E-state index in [9.17, 15) is 4.79 Å². The van der Waals surface area contributed by atoms with Gasteiger partial charge in [-0.05, 0) is 37.3 Å². The van der Waals surface area contributed by atoms with Crippen molar-refractivity contribution in [2.75, 3.05) is 19.8 Å². The van der Waals surface area contributed by atoms with Crippen molar-refractivity contribution in [2.45, 2.75) is 25.7 Å². The van der Waals surface area contributed by atoms with E-state index in [1.807, 2.05) is 0 Å². The summed E-state index contributed by atoms with van der Waals surface area (Å²) in [5, 5.41) is 0. The summed E-state index contributed by atoms with van der Waals surface area (Å²) in [7, 11) is 3.52. The molecule has 1 aromatic heterocycles. The summed E-state index contributed by atoms with van der Waals surface area (Å²) in [5.74, 6) is 0.470. The molecule has 1 aliphatic rings. The molecular formula is C12H17N3O. The van der Waals surface area contributed by atoms with E-state index in [2.05, 4.69) is 4.98 Å². The molecule has 4 nitrogen and oxygen atoms in total. The lowest BCUT2D eigenvalue weighted by molar-refractivity contribution is 0.0826. The highest BCUT2D eigenvalue weighted by Gasteiger charge is 2.20. The molecule has 0 radical (unpaired) electrons. The number of amides is 1. The number of rotatable bonds is 1. The molecule has 0 atom stereocenters. The van der Waals surface area contributed by atoms with Gasteiger partial charge < -0.3 is 10.6 Å². The van der Waals surface area contributed by atoms with Gasteiger partial charge in [-0.3, -0.25) is 4.79 Å². The molecule has 1 aliphatic carbocycles. The second kappa shape index (κ2) is 4.12. The lowest BCUT2D eigenvalue weighted by Crippen LogP contribution is -2.25. The first-order valence-electron chi connectivity index (χ1n) is 5.59. The van der Waals surface area contributed by atoms with Gasteiger partial charge in [0, 0.05) is 25.4 Å². The predicted molar refractivity (Wildman–Crippen MR) is 63.3 cm³/mol. The van der Waals surface area contributed by atoms with Crippen molar-refractivity contribution in [3.63, 3.8) is 0 Å². The van der Waals surface area contributed by atoms with Gasteiger partial charge in [0.2, 0.25) is 0 Å². The van der Waals surface area contributed by atoms with Crippen molar-refractivity contribution in [1.29, 1.82) is 0 Å². The van der Waals surface area contributed by atoms with E-state index in [0.29, 0.717) is 5.82 Å². The molecule has 2 N–H and O–H groups in total. The van der Waals surface area contributed by atoms with E-state index in [4.69, 9.17) is 5.73 Å². The van der Waals surface area contributed by atoms with Crippen LogP contribution in [0.1, 0.15) is 34.5 Å². The number of aryl methyl sites for hydroxylation is 1. The molecular weight excluding hydrogens is 202 g/mol. The minimum Gasteiger partial charge on any atom is -0.384 e. The van der Waals surface area contributed by atoms with Crippen LogP contribution in [0.2, 0.25) is 0 Å². The number of fused-ring (bicyclic) bond motifs is 1. The van der Waals surface area contributed by atoms with Crippen LogP contribution in [0.4, 0.5) is 5.82 Å². The summed E-state index contributed by atoms with van der Waals surface area (Å²) >= 11 is 0. The first kappa shape index (κ1) is 10.9. The monoisotopic (exact) mass is 219 g/mol. The number of hydrogen-bond acceptors (Lipinski definition) is 3. The van der Waals surface area contributed by atoms with Crippen LogP contribution in [-0.2, 0) is 12.8 Å². The third kappa shape index (κ3) is 1.87. The maximum atomic E-state index is 12.0. The van der Waals surface area contributed by atoms with E-state index < -0.39 is 0 Å². The molecule has 0 fully saturated rings. The molecule has 0 spiro atoms. The van der Waals surface area contributed by atoms with Crippen molar-refractivity contribution >= 4 is 11.7 Å². The number of nitrogen functional groups attached to an aromatic ring is 1. The Morgan fingerprint density at radius 3 is 2.75 bits per heavy atom. The van der Waals surface area contributed by atoms with Crippen LogP contribution in [-0.4, -0.2) is 29.9 Å². The van der Waals surface area contributed by atoms with E-state index in [1.54, 1.807) is 25.1 Å². The van der Waals surface area contributed by atoms with E-state index in [-0.39, 0.29) is 5.91 Å². The highest BCUT2D eigenvalue weighted by atomic mass is 16.2. The quantitative estimate of drug-likeness (QED) is 0.773. The number of pyridine rings is 1. The standard InChI is InChI=1S/C12H17N3O/c1-15(2)12(16)9-7-11(13)14-10-6-4-3-5-8(9)10/h7H,3-6H2,1-2H3,(H2,13,14). The largest absolute Gasteiger partial charge is 0.384 e. The zero-order chi connectivity index (χ0) is 11.7. The Bertz CT molecular complexity index is 427. The maximum Gasteiger partial charge on any atom is 0.253 e. The molecule has 0 aromatic carbocycles. The minimum atomic E-state index is 0.0206. The fourth-order valence-corrected chi connectivity index (χ4v) is 2.16. The fraction of sp³-hybridized carbons (Fsp3) is 0.500. The van der Waals surface area contributed by atoms with Crippen molar-refractivity contribution in [3.8, 4) is 0 Å². The van der Waals surface area contributed by atoms with E-state index in [0.717, 1.165) is 42.5 Å². The summed E-state index contributed by atoms with van der Waals surface area (Å²) in [6.07, 6.45) is 4.15. The molecule has 1 aromatic rings. The van der Waals surface area contributed by atoms with E-state index in [1.165, 1.54) is 0 Å². The molecule has 2 rings (SSSR count). The molecule has 86 valence electrons. The zero-order valence-electron chi connectivity index (χ0n) is 9.79. The van der Waals surface area contributed by atoms with E-state index >= 15 is 0 Å². The highest BCUT2D eigenvalue weighted by molar-refractivity contribution is 5.96. The van der Waals surface area contributed by atoms with Crippen LogP contribution in [0, 0.1) is 0 Å². The van der Waals surface area contributed by atoms with Crippen LogP contribution < -0.4 is 5.73 Å². The average Bonchev–Trinajstić information content (AvgIpc) is 2.26. The van der Waals surface area contributed by atoms with Gasteiger partial charge in [0.25, 0.3) is 5.91 Å². The average molecular weight is 219 g/mol. The van der Waals surface area contributed by atoms with Crippen molar-refractivity contribution in [1.82, 2.24) is 9.88 Å². The molecule has 1 heterocycles. The SMILES string of the molecule is CN(C)C(=O)c1cc(N)nc2c1CCCC2. The van der Waals surface area contributed by atoms with Crippen LogP contribution >= 0.6 is 0 Å². The number of hydrogen-bond donors (Lipinski definition) is 1. The van der Waals surface area contributed by atoms with Gasteiger partial charge in [-0.1, -0.05) is 0 Å². The highest BCUT2D eigenvalue weighted by Crippen LogP contribution is 2.25. The molecule has 4 heteroatoms. The maximum absolute atomic E-state index is 12.0. The van der Waals surface area contributed by atoms with Gasteiger partial charge in [0.05, 0.1) is 0 Å². The molecule has 16 heavy (non-hydrogen) atoms. The summed E-state index contributed by atoms with van der Waals surface area (Å²) in [6.45, 7) is 0. The van der Waals surface area contributed by atoms with Gasteiger partial charge in [-0.15, -0.1) is 0 Å². The Kier molecular flexibility index (Phi) is 2.81. The summed E-state index contributed by atoms with van der Waals surface area (Å²) < 4.78 is 0. The van der Waals surface area contributed by atoms with Crippen LogP contribution in [0.15, 0.2) is 6.07 Å². The molecule has 0 bridgehead atoms. The summed E-state index contributed by atoms with van der Waals surface area (Å²) in [4.78, 5) is 17.9. The number of carbonyl (C=O) groups excluding carboxylic acids is 1.